The smallest absolute Gasteiger partial charge is 0.325 e. The Morgan fingerprint density at radius 1 is 1.34 bits per heavy atom. The van der Waals surface area contributed by atoms with Crippen molar-refractivity contribution < 1.29 is 18.4 Å². The van der Waals surface area contributed by atoms with Gasteiger partial charge in [0.25, 0.3) is 12.3 Å². The number of rotatable bonds is 8. The average Bonchev–Trinajstić information content (AvgIpc) is 2.88. The number of guanidine groups is 1. The number of nitrogens with zero attached hydrogens (tertiary/aromatic N) is 3. The number of carbonyl (C=O) groups excluding carboxylic acids is 2. The van der Waals surface area contributed by atoms with E-state index in [2.05, 4.69) is 20.9 Å². The molecule has 2 rings (SSSR count). The molecule has 0 saturated carbocycles. The van der Waals surface area contributed by atoms with Gasteiger partial charge in [0.05, 0.1) is 6.54 Å². The summed E-state index contributed by atoms with van der Waals surface area (Å²) in [5, 5.41) is 9.24. The van der Waals surface area contributed by atoms with Gasteiger partial charge >= 0.3 is 6.03 Å². The molecule has 2 aliphatic heterocycles. The number of amides is 3. The number of aliphatic imine (C=N–C) groups is 1. The van der Waals surface area contributed by atoms with Gasteiger partial charge in [-0.2, -0.15) is 0 Å². The maximum absolute atomic E-state index is 12.4. The lowest BCUT2D eigenvalue weighted by molar-refractivity contribution is -0.130. The predicted molar refractivity (Wildman–Crippen MR) is 119 cm³/mol. The Morgan fingerprint density at radius 3 is 2.52 bits per heavy atom. The van der Waals surface area contributed by atoms with E-state index in [-0.39, 0.29) is 48.5 Å². The number of nitrogens with one attached hydrogen (secondary N) is 3. The third kappa shape index (κ3) is 7.19. The normalized spacial score (nSPS) is 23.9. The van der Waals surface area contributed by atoms with E-state index in [0.717, 1.165) is 12.8 Å². The molecule has 8 nitrogen and oxygen atoms in total. The molecule has 0 aromatic heterocycles. The van der Waals surface area contributed by atoms with Gasteiger partial charge in [0, 0.05) is 39.3 Å². The highest BCUT2D eigenvalue weighted by molar-refractivity contribution is 14.0. The summed E-state index contributed by atoms with van der Waals surface area (Å²) in [5.74, 6) is 0.459. The first kappa shape index (κ1) is 25.8. The van der Waals surface area contributed by atoms with E-state index in [9.17, 15) is 18.4 Å². The fourth-order valence-electron chi connectivity index (χ4n) is 3.48. The number of alkyl halides is 2. The monoisotopic (exact) mass is 530 g/mol. The van der Waals surface area contributed by atoms with Gasteiger partial charge in [0.15, 0.2) is 5.96 Å². The molecular weight excluding hydrogens is 497 g/mol. The Hall–Kier alpha value is -1.24. The summed E-state index contributed by atoms with van der Waals surface area (Å²) in [4.78, 5) is 31.6. The van der Waals surface area contributed by atoms with Crippen molar-refractivity contribution >= 4 is 41.9 Å². The summed E-state index contributed by atoms with van der Waals surface area (Å²) < 4.78 is 24.9. The highest BCUT2D eigenvalue weighted by Gasteiger charge is 2.45. The molecule has 0 aliphatic carbocycles. The topological polar surface area (TPSA) is 89.1 Å². The van der Waals surface area contributed by atoms with E-state index >= 15 is 0 Å². The zero-order chi connectivity index (χ0) is 20.7. The van der Waals surface area contributed by atoms with Gasteiger partial charge in [-0.25, -0.2) is 13.6 Å². The predicted octanol–water partition coefficient (Wildman–Crippen LogP) is 1.61. The molecule has 0 spiro atoms. The number of likely N-dealkylation sites (tertiary alicyclic amines) is 1. The number of piperidine rings is 1. The van der Waals surface area contributed by atoms with Gasteiger partial charge in [-0.3, -0.25) is 19.6 Å². The Bertz CT molecular complexity index is 587. The number of imide groups is 1. The van der Waals surface area contributed by atoms with Gasteiger partial charge in [-0.05, 0) is 32.6 Å². The van der Waals surface area contributed by atoms with E-state index in [1.165, 1.54) is 4.90 Å². The van der Waals surface area contributed by atoms with Crippen LogP contribution >= 0.6 is 24.0 Å². The van der Waals surface area contributed by atoms with Crippen molar-refractivity contribution in [2.24, 2.45) is 4.99 Å². The molecule has 2 heterocycles. The van der Waals surface area contributed by atoms with Crippen LogP contribution in [0.1, 0.15) is 39.5 Å². The van der Waals surface area contributed by atoms with Crippen LogP contribution in [-0.2, 0) is 4.79 Å². The Labute approximate surface area is 188 Å². The number of carbonyl (C=O) groups is 2. The molecular formula is C18H33F2IN6O2. The maximum atomic E-state index is 12.4. The van der Waals surface area contributed by atoms with Gasteiger partial charge in [-0.1, -0.05) is 6.92 Å². The lowest BCUT2D eigenvalue weighted by atomic mass is 9.99. The first-order valence-electron chi connectivity index (χ1n) is 9.91. The molecule has 0 bridgehead atoms. The first-order valence-corrected chi connectivity index (χ1v) is 9.91. The van der Waals surface area contributed by atoms with Crippen molar-refractivity contribution in [1.82, 2.24) is 25.8 Å². The van der Waals surface area contributed by atoms with E-state index in [1.54, 1.807) is 18.9 Å². The molecule has 168 valence electrons. The Kier molecular flexibility index (Phi) is 10.5. The van der Waals surface area contributed by atoms with Crippen molar-refractivity contribution in [2.75, 3.05) is 39.8 Å². The van der Waals surface area contributed by atoms with Crippen LogP contribution in [0.3, 0.4) is 0 Å². The van der Waals surface area contributed by atoms with Gasteiger partial charge in [0.2, 0.25) is 0 Å². The van der Waals surface area contributed by atoms with Crippen LogP contribution in [0.15, 0.2) is 4.99 Å². The van der Waals surface area contributed by atoms with Gasteiger partial charge in [-0.15, -0.1) is 24.0 Å². The first-order chi connectivity index (χ1) is 13.3. The molecule has 11 heteroatoms. The lowest BCUT2D eigenvalue weighted by Gasteiger charge is -2.32. The summed E-state index contributed by atoms with van der Waals surface area (Å²) in [6.45, 7) is 5.63. The van der Waals surface area contributed by atoms with E-state index in [0.29, 0.717) is 45.0 Å². The minimum atomic E-state index is -2.29. The summed E-state index contributed by atoms with van der Waals surface area (Å²) in [6, 6.07) is -0.149. The molecule has 1 unspecified atom stereocenters. The van der Waals surface area contributed by atoms with E-state index < -0.39 is 12.0 Å². The molecule has 0 aromatic carbocycles. The number of halogens is 3. The summed E-state index contributed by atoms with van der Waals surface area (Å²) in [7, 11) is 1.67. The standard InChI is InChI=1S/C18H32F2N6O2.HI/c1-4-18(2)15(27)26(17(28)24-18)9-5-8-22-16(21-3)23-13-6-10-25(11-7-13)12-14(19)20;/h13-14H,4-12H2,1-3H3,(H,24,28)(H2,21,22,23);1H. The molecule has 29 heavy (non-hydrogen) atoms. The van der Waals surface area contributed by atoms with Crippen LogP contribution in [0.4, 0.5) is 13.6 Å². The second kappa shape index (κ2) is 11.8. The Balaban J connectivity index is 0.00000420. The number of hydrogen-bond acceptors (Lipinski definition) is 4. The largest absolute Gasteiger partial charge is 0.356 e. The van der Waals surface area contributed by atoms with Gasteiger partial charge < -0.3 is 16.0 Å². The third-order valence-electron chi connectivity index (χ3n) is 5.45. The second-order valence-corrected chi connectivity index (χ2v) is 7.54. The van der Waals surface area contributed by atoms with Crippen LogP contribution in [0.25, 0.3) is 0 Å². The zero-order valence-corrected chi connectivity index (χ0v) is 19.7. The summed E-state index contributed by atoms with van der Waals surface area (Å²) >= 11 is 0. The highest BCUT2D eigenvalue weighted by atomic mass is 127. The molecule has 0 aromatic rings. The third-order valence-corrected chi connectivity index (χ3v) is 5.45. The quantitative estimate of drug-likeness (QED) is 0.146. The molecule has 3 N–H and O–H groups in total. The van der Waals surface area contributed by atoms with Crippen LogP contribution in [0, 0.1) is 0 Å². The van der Waals surface area contributed by atoms with Crippen molar-refractivity contribution in [3.8, 4) is 0 Å². The van der Waals surface area contributed by atoms with Gasteiger partial charge in [0.1, 0.15) is 5.54 Å². The van der Waals surface area contributed by atoms with Crippen LogP contribution in [-0.4, -0.2) is 85.5 Å². The SMILES string of the molecule is CCC1(C)NC(=O)N(CCCNC(=NC)NC2CCN(CC(F)F)CC2)C1=O.I. The van der Waals surface area contributed by atoms with Crippen molar-refractivity contribution in [2.45, 2.75) is 57.5 Å². The summed E-state index contributed by atoms with van der Waals surface area (Å²) in [5.41, 5.74) is -0.804. The fourth-order valence-corrected chi connectivity index (χ4v) is 3.48. The Morgan fingerprint density at radius 2 is 2.00 bits per heavy atom. The molecule has 1 atom stereocenters. The van der Waals surface area contributed by atoms with Crippen LogP contribution in [0.5, 0.6) is 0 Å². The van der Waals surface area contributed by atoms with Crippen molar-refractivity contribution in [1.29, 1.82) is 0 Å². The molecule has 0 radical (unpaired) electrons. The number of hydrogen-bond donors (Lipinski definition) is 3. The molecule has 2 aliphatic rings. The van der Waals surface area contributed by atoms with Crippen molar-refractivity contribution in [3.63, 3.8) is 0 Å². The molecule has 2 fully saturated rings. The summed E-state index contributed by atoms with van der Waals surface area (Å²) in [6.07, 6.45) is 0.432. The fraction of sp³-hybridized carbons (Fsp3) is 0.833. The molecule has 3 amide bonds. The second-order valence-electron chi connectivity index (χ2n) is 7.54. The maximum Gasteiger partial charge on any atom is 0.325 e. The van der Waals surface area contributed by atoms with E-state index in [1.807, 2.05) is 6.92 Å². The zero-order valence-electron chi connectivity index (χ0n) is 17.3. The van der Waals surface area contributed by atoms with Crippen molar-refractivity contribution in [3.05, 3.63) is 0 Å². The lowest BCUT2D eigenvalue weighted by Crippen LogP contribution is -2.49. The van der Waals surface area contributed by atoms with E-state index in [4.69, 9.17) is 0 Å². The van der Waals surface area contributed by atoms with Crippen LogP contribution in [0.2, 0.25) is 0 Å². The van der Waals surface area contributed by atoms with Crippen LogP contribution < -0.4 is 16.0 Å². The average molecular weight is 530 g/mol. The number of urea groups is 1. The minimum absolute atomic E-state index is 0. The minimum Gasteiger partial charge on any atom is -0.356 e. The highest BCUT2D eigenvalue weighted by Crippen LogP contribution is 2.20. The molecule has 2 saturated heterocycles.